The number of benzene rings is 1. The Hall–Kier alpha value is -1.84. The number of nitrogens with zero attached hydrogens (tertiary/aromatic N) is 2. The summed E-state index contributed by atoms with van der Waals surface area (Å²) in [6, 6.07) is 8.33. The fraction of sp³-hybridized carbons (Fsp3) is 0.579. The van der Waals surface area contributed by atoms with Crippen LogP contribution in [0.4, 0.5) is 5.69 Å². The number of anilines is 1. The van der Waals surface area contributed by atoms with Crippen LogP contribution in [0.5, 0.6) is 0 Å². The molecule has 1 aromatic rings. The van der Waals surface area contributed by atoms with Gasteiger partial charge in [0.1, 0.15) is 0 Å². The van der Waals surface area contributed by atoms with Crippen LogP contribution in [0.15, 0.2) is 29.4 Å². The molecular weight excluding hydrogens is 286 g/mol. The van der Waals surface area contributed by atoms with Crippen molar-refractivity contribution in [2.75, 3.05) is 18.9 Å². The minimum absolute atomic E-state index is 0.0675. The maximum atomic E-state index is 12.6. The van der Waals surface area contributed by atoms with Crippen molar-refractivity contribution in [2.24, 2.45) is 22.4 Å². The van der Waals surface area contributed by atoms with Crippen LogP contribution in [0, 0.1) is 17.3 Å². The Morgan fingerprint density at radius 2 is 2.09 bits per heavy atom. The first-order valence-electron chi connectivity index (χ1n) is 8.64. The molecule has 4 rings (SSSR count). The third kappa shape index (κ3) is 2.64. The van der Waals surface area contributed by atoms with Crippen molar-refractivity contribution >= 4 is 17.3 Å². The normalized spacial score (nSPS) is 30.8. The number of hydrogen-bond acceptors (Lipinski definition) is 3. The Morgan fingerprint density at radius 1 is 1.35 bits per heavy atom. The Morgan fingerprint density at radius 3 is 2.74 bits per heavy atom. The lowest BCUT2D eigenvalue weighted by molar-refractivity contribution is -0.118. The largest absolute Gasteiger partial charge is 0.325 e. The quantitative estimate of drug-likeness (QED) is 0.925. The molecule has 3 unspecified atom stereocenters. The van der Waals surface area contributed by atoms with E-state index >= 15 is 0 Å². The lowest BCUT2D eigenvalue weighted by Crippen LogP contribution is -2.30. The van der Waals surface area contributed by atoms with Gasteiger partial charge in [0.25, 0.3) is 0 Å². The second kappa shape index (κ2) is 5.08. The lowest BCUT2D eigenvalue weighted by Gasteiger charge is -2.16. The Kier molecular flexibility index (Phi) is 3.26. The van der Waals surface area contributed by atoms with E-state index in [0.29, 0.717) is 17.9 Å². The molecule has 0 saturated heterocycles. The lowest BCUT2D eigenvalue weighted by atomic mass is 9.97. The fourth-order valence-corrected chi connectivity index (χ4v) is 4.08. The van der Waals surface area contributed by atoms with E-state index in [4.69, 9.17) is 0 Å². The first kappa shape index (κ1) is 14.7. The number of carbonyl (C=O) groups is 1. The van der Waals surface area contributed by atoms with E-state index in [2.05, 4.69) is 29.5 Å². The molecule has 0 radical (unpaired) electrons. The molecule has 3 aliphatic rings. The highest BCUT2D eigenvalue weighted by Gasteiger charge is 2.56. The molecule has 0 bridgehead atoms. The van der Waals surface area contributed by atoms with Gasteiger partial charge in [-0.25, -0.2) is 0 Å². The Bertz CT molecular complexity index is 677. The van der Waals surface area contributed by atoms with Crippen molar-refractivity contribution in [1.29, 1.82) is 0 Å². The molecule has 1 aliphatic heterocycles. The third-order valence-corrected chi connectivity index (χ3v) is 5.94. The molecule has 2 saturated carbocycles. The molecule has 122 valence electrons. The smallest absolute Gasteiger partial charge is 0.235 e. The minimum Gasteiger partial charge on any atom is -0.325 e. The van der Waals surface area contributed by atoms with Crippen molar-refractivity contribution in [3.63, 3.8) is 0 Å². The van der Waals surface area contributed by atoms with Crippen LogP contribution in [-0.2, 0) is 4.79 Å². The van der Waals surface area contributed by atoms with Crippen LogP contribution in [0.2, 0.25) is 0 Å². The van der Waals surface area contributed by atoms with E-state index in [-0.39, 0.29) is 11.8 Å². The topological polar surface area (TPSA) is 44.7 Å². The van der Waals surface area contributed by atoms with Crippen molar-refractivity contribution in [1.82, 2.24) is 5.01 Å². The second-order valence-corrected chi connectivity index (χ2v) is 7.81. The van der Waals surface area contributed by atoms with E-state index < -0.39 is 0 Å². The summed E-state index contributed by atoms with van der Waals surface area (Å²) in [5, 5.41) is 9.36. The molecule has 1 amide bonds. The highest BCUT2D eigenvalue weighted by molar-refractivity contribution is 6.09. The number of nitrogens with one attached hydrogen (secondary N) is 1. The van der Waals surface area contributed by atoms with Gasteiger partial charge in [-0.1, -0.05) is 25.1 Å². The zero-order chi connectivity index (χ0) is 16.2. The zero-order valence-corrected chi connectivity index (χ0v) is 14.2. The summed E-state index contributed by atoms with van der Waals surface area (Å²) >= 11 is 0. The SMILES string of the molecule is CC1=NN(C)CC1C(=O)Nc1ccccc1C1CC1C1(C)CC1. The van der Waals surface area contributed by atoms with Gasteiger partial charge < -0.3 is 5.32 Å². The highest BCUT2D eigenvalue weighted by Crippen LogP contribution is 2.67. The maximum absolute atomic E-state index is 12.6. The first-order chi connectivity index (χ1) is 11.0. The molecule has 0 aromatic heterocycles. The summed E-state index contributed by atoms with van der Waals surface area (Å²) < 4.78 is 0. The molecule has 1 N–H and O–H groups in total. The molecule has 4 heteroatoms. The monoisotopic (exact) mass is 311 g/mol. The van der Waals surface area contributed by atoms with E-state index in [1.54, 1.807) is 0 Å². The summed E-state index contributed by atoms with van der Waals surface area (Å²) in [6.45, 7) is 5.02. The molecule has 1 aromatic carbocycles. The third-order valence-electron chi connectivity index (χ3n) is 5.94. The average Bonchev–Trinajstić information content (AvgIpc) is 3.41. The summed E-state index contributed by atoms with van der Waals surface area (Å²) in [4.78, 5) is 12.6. The number of carbonyl (C=O) groups excluding carboxylic acids is 1. The molecular formula is C19H25N3O. The molecule has 3 atom stereocenters. The van der Waals surface area contributed by atoms with E-state index in [0.717, 1.165) is 17.3 Å². The van der Waals surface area contributed by atoms with Crippen LogP contribution in [0.1, 0.15) is 44.6 Å². The summed E-state index contributed by atoms with van der Waals surface area (Å²) in [5.41, 5.74) is 3.79. The van der Waals surface area contributed by atoms with E-state index in [9.17, 15) is 4.79 Å². The molecule has 0 spiro atoms. The number of para-hydroxylation sites is 1. The zero-order valence-electron chi connectivity index (χ0n) is 14.2. The summed E-state index contributed by atoms with van der Waals surface area (Å²) in [6.07, 6.45) is 4.01. The number of amides is 1. The average molecular weight is 311 g/mol. The number of rotatable bonds is 4. The predicted molar refractivity (Wildman–Crippen MR) is 92.5 cm³/mol. The summed E-state index contributed by atoms with van der Waals surface area (Å²) in [5.74, 6) is 1.36. The van der Waals surface area contributed by atoms with Gasteiger partial charge in [-0.2, -0.15) is 5.10 Å². The van der Waals surface area contributed by atoms with Crippen molar-refractivity contribution < 1.29 is 4.79 Å². The van der Waals surface area contributed by atoms with Crippen LogP contribution < -0.4 is 5.32 Å². The van der Waals surface area contributed by atoms with Gasteiger partial charge in [-0.15, -0.1) is 0 Å². The Balaban J connectivity index is 1.50. The van der Waals surface area contributed by atoms with Crippen molar-refractivity contribution in [3.05, 3.63) is 29.8 Å². The molecule has 1 heterocycles. The van der Waals surface area contributed by atoms with Crippen LogP contribution >= 0.6 is 0 Å². The van der Waals surface area contributed by atoms with Gasteiger partial charge in [0.2, 0.25) is 5.91 Å². The highest BCUT2D eigenvalue weighted by atomic mass is 16.2. The van der Waals surface area contributed by atoms with Crippen LogP contribution in [0.25, 0.3) is 0 Å². The van der Waals surface area contributed by atoms with Crippen LogP contribution in [0.3, 0.4) is 0 Å². The minimum atomic E-state index is -0.135. The molecule has 2 fully saturated rings. The van der Waals surface area contributed by atoms with Crippen molar-refractivity contribution in [2.45, 2.75) is 39.0 Å². The Labute approximate surface area is 137 Å². The van der Waals surface area contributed by atoms with Crippen molar-refractivity contribution in [3.8, 4) is 0 Å². The summed E-state index contributed by atoms with van der Waals surface area (Å²) in [7, 11) is 1.91. The number of hydrogen-bond donors (Lipinski definition) is 1. The fourth-order valence-electron chi connectivity index (χ4n) is 4.08. The van der Waals surface area contributed by atoms with Gasteiger partial charge in [0.15, 0.2) is 0 Å². The predicted octanol–water partition coefficient (Wildman–Crippen LogP) is 3.47. The standard InChI is InChI=1S/C19H25N3O/c1-12-15(11-22(3)21-12)18(23)20-17-7-5-4-6-13(17)14-10-16(14)19(2)8-9-19/h4-7,14-16H,8-11H2,1-3H3,(H,20,23). The molecule has 23 heavy (non-hydrogen) atoms. The van der Waals surface area contributed by atoms with Crippen LogP contribution in [-0.4, -0.2) is 30.2 Å². The van der Waals surface area contributed by atoms with Gasteiger partial charge in [0, 0.05) is 18.4 Å². The van der Waals surface area contributed by atoms with Gasteiger partial charge in [0.05, 0.1) is 12.5 Å². The van der Waals surface area contributed by atoms with Gasteiger partial charge in [-0.3, -0.25) is 9.80 Å². The van der Waals surface area contributed by atoms with E-state index in [1.165, 1.54) is 24.8 Å². The maximum Gasteiger partial charge on any atom is 0.235 e. The molecule has 4 nitrogen and oxygen atoms in total. The van der Waals surface area contributed by atoms with Gasteiger partial charge >= 0.3 is 0 Å². The number of hydrazone groups is 1. The van der Waals surface area contributed by atoms with E-state index in [1.807, 2.05) is 31.1 Å². The second-order valence-electron chi connectivity index (χ2n) is 7.81. The van der Waals surface area contributed by atoms with Gasteiger partial charge in [-0.05, 0) is 55.1 Å². The first-order valence-corrected chi connectivity index (χ1v) is 8.64. The molecule has 2 aliphatic carbocycles.